The molecule has 17 heavy (non-hydrogen) atoms. The molecule has 0 saturated carbocycles. The number of unbranched alkanes of at least 4 members (excludes halogenated alkanes) is 1. The summed E-state index contributed by atoms with van der Waals surface area (Å²) >= 11 is 1.65. The predicted molar refractivity (Wildman–Crippen MR) is 67.0 cm³/mol. The Morgan fingerprint density at radius 2 is 2.24 bits per heavy atom. The number of rotatable bonds is 7. The smallest absolute Gasteiger partial charge is 0.309 e. The number of thioether (sulfide) groups is 1. The maximum Gasteiger partial charge on any atom is 0.309 e. The van der Waals surface area contributed by atoms with Gasteiger partial charge < -0.3 is 9.67 Å². The minimum absolute atomic E-state index is 0.616. The molecule has 1 rings (SSSR count). The van der Waals surface area contributed by atoms with E-state index in [9.17, 15) is 4.79 Å². The Morgan fingerprint density at radius 1 is 1.53 bits per heavy atom. The van der Waals surface area contributed by atoms with Crippen molar-refractivity contribution in [1.82, 2.24) is 14.8 Å². The second-order valence-electron chi connectivity index (χ2n) is 4.72. The van der Waals surface area contributed by atoms with Gasteiger partial charge in [0.15, 0.2) is 5.16 Å². The van der Waals surface area contributed by atoms with Crippen molar-refractivity contribution in [3.05, 3.63) is 6.33 Å². The van der Waals surface area contributed by atoms with Crippen molar-refractivity contribution >= 4 is 17.7 Å². The van der Waals surface area contributed by atoms with E-state index in [1.165, 1.54) is 0 Å². The van der Waals surface area contributed by atoms with Gasteiger partial charge in [-0.3, -0.25) is 4.79 Å². The topological polar surface area (TPSA) is 68.0 Å². The van der Waals surface area contributed by atoms with Crippen LogP contribution in [0.3, 0.4) is 0 Å². The molecule has 5 nitrogen and oxygen atoms in total. The summed E-state index contributed by atoms with van der Waals surface area (Å²) in [6.45, 7) is 3.54. The van der Waals surface area contributed by atoms with Crippen molar-refractivity contribution in [2.24, 2.45) is 12.5 Å². The Morgan fingerprint density at radius 3 is 2.76 bits per heavy atom. The minimum atomic E-state index is -0.724. The van der Waals surface area contributed by atoms with Gasteiger partial charge in [0.2, 0.25) is 0 Å². The van der Waals surface area contributed by atoms with E-state index in [2.05, 4.69) is 10.2 Å². The number of aromatic nitrogens is 3. The van der Waals surface area contributed by atoms with Crippen LogP contribution in [0.4, 0.5) is 0 Å². The molecule has 0 radical (unpaired) electrons. The van der Waals surface area contributed by atoms with Crippen molar-refractivity contribution in [1.29, 1.82) is 0 Å². The molecular formula is C11H19N3O2S. The fourth-order valence-corrected chi connectivity index (χ4v) is 2.23. The average molecular weight is 257 g/mol. The summed E-state index contributed by atoms with van der Waals surface area (Å²) in [5.74, 6) is 0.223. The molecule has 96 valence electrons. The average Bonchev–Trinajstić information content (AvgIpc) is 2.63. The maximum absolute atomic E-state index is 10.9. The highest BCUT2D eigenvalue weighted by Crippen LogP contribution is 2.24. The highest BCUT2D eigenvalue weighted by Gasteiger charge is 2.25. The van der Waals surface area contributed by atoms with Gasteiger partial charge in [0.1, 0.15) is 6.33 Å². The van der Waals surface area contributed by atoms with Gasteiger partial charge in [0, 0.05) is 12.8 Å². The van der Waals surface area contributed by atoms with Crippen molar-refractivity contribution < 1.29 is 9.90 Å². The van der Waals surface area contributed by atoms with Crippen molar-refractivity contribution in [2.45, 2.75) is 38.3 Å². The molecule has 0 aromatic carbocycles. The molecule has 1 heterocycles. The zero-order valence-corrected chi connectivity index (χ0v) is 11.3. The van der Waals surface area contributed by atoms with E-state index in [1.54, 1.807) is 31.9 Å². The molecule has 0 atom stereocenters. The Bertz CT molecular complexity index is 377. The third-order valence-corrected chi connectivity index (χ3v) is 3.80. The minimum Gasteiger partial charge on any atom is -0.481 e. The summed E-state index contributed by atoms with van der Waals surface area (Å²) in [5, 5.41) is 17.6. The second-order valence-corrected chi connectivity index (χ2v) is 5.78. The molecule has 0 saturated heterocycles. The van der Waals surface area contributed by atoms with Crippen LogP contribution in [-0.4, -0.2) is 31.6 Å². The number of aliphatic carboxylic acids is 1. The van der Waals surface area contributed by atoms with Gasteiger partial charge in [0.25, 0.3) is 0 Å². The summed E-state index contributed by atoms with van der Waals surface area (Å²) in [6, 6.07) is 0. The predicted octanol–water partition coefficient (Wildman–Crippen LogP) is 2.19. The van der Waals surface area contributed by atoms with Crippen LogP contribution in [0.5, 0.6) is 0 Å². The number of hydrogen-bond donors (Lipinski definition) is 1. The van der Waals surface area contributed by atoms with E-state index in [1.807, 2.05) is 11.6 Å². The van der Waals surface area contributed by atoms with Crippen LogP contribution in [0, 0.1) is 5.41 Å². The van der Waals surface area contributed by atoms with E-state index < -0.39 is 11.4 Å². The third-order valence-electron chi connectivity index (χ3n) is 2.68. The Hall–Kier alpha value is -1.04. The molecule has 0 unspecified atom stereocenters. The third kappa shape index (κ3) is 4.38. The van der Waals surface area contributed by atoms with E-state index in [0.717, 1.165) is 23.8 Å². The van der Waals surface area contributed by atoms with E-state index in [0.29, 0.717) is 6.42 Å². The van der Waals surface area contributed by atoms with E-state index in [-0.39, 0.29) is 0 Å². The highest BCUT2D eigenvalue weighted by molar-refractivity contribution is 7.99. The van der Waals surface area contributed by atoms with Crippen LogP contribution < -0.4 is 0 Å². The lowest BCUT2D eigenvalue weighted by molar-refractivity contribution is -0.147. The lowest BCUT2D eigenvalue weighted by Gasteiger charge is -2.18. The van der Waals surface area contributed by atoms with Crippen LogP contribution in [0.15, 0.2) is 11.5 Å². The first-order chi connectivity index (χ1) is 7.93. The summed E-state index contributed by atoms with van der Waals surface area (Å²) in [6.07, 6.45) is 4.30. The van der Waals surface area contributed by atoms with E-state index >= 15 is 0 Å². The monoisotopic (exact) mass is 257 g/mol. The van der Waals surface area contributed by atoms with Crippen LogP contribution in [0.2, 0.25) is 0 Å². The Balaban J connectivity index is 2.17. The Kier molecular flexibility index (Phi) is 4.99. The fraction of sp³-hybridized carbons (Fsp3) is 0.727. The van der Waals surface area contributed by atoms with E-state index in [4.69, 9.17) is 5.11 Å². The van der Waals surface area contributed by atoms with Crippen molar-refractivity contribution in [3.63, 3.8) is 0 Å². The van der Waals surface area contributed by atoms with Gasteiger partial charge in [-0.15, -0.1) is 10.2 Å². The molecule has 1 aromatic rings. The largest absolute Gasteiger partial charge is 0.481 e. The standard InChI is InChI=1S/C11H19N3O2S/c1-11(2,9(15)16)6-4-5-7-17-10-13-12-8-14(10)3/h8H,4-7H2,1-3H3,(H,15,16). The molecule has 1 aromatic heterocycles. The summed E-state index contributed by atoms with van der Waals surface area (Å²) in [7, 11) is 1.91. The molecule has 0 amide bonds. The van der Waals surface area contributed by atoms with Gasteiger partial charge in [-0.05, 0) is 26.7 Å². The molecule has 0 aliphatic heterocycles. The first-order valence-electron chi connectivity index (χ1n) is 5.63. The maximum atomic E-state index is 10.9. The zero-order valence-electron chi connectivity index (χ0n) is 10.5. The number of carbonyl (C=O) groups is 1. The van der Waals surface area contributed by atoms with Crippen molar-refractivity contribution in [2.75, 3.05) is 5.75 Å². The molecule has 1 N–H and O–H groups in total. The fourth-order valence-electron chi connectivity index (χ4n) is 1.34. The first kappa shape index (κ1) is 14.0. The van der Waals surface area contributed by atoms with Gasteiger partial charge in [-0.25, -0.2) is 0 Å². The summed E-state index contributed by atoms with van der Waals surface area (Å²) in [4.78, 5) is 10.9. The van der Waals surface area contributed by atoms with Crippen LogP contribution in [0.1, 0.15) is 33.1 Å². The van der Waals surface area contributed by atoms with Crippen LogP contribution in [-0.2, 0) is 11.8 Å². The summed E-state index contributed by atoms with van der Waals surface area (Å²) < 4.78 is 1.88. The summed E-state index contributed by atoms with van der Waals surface area (Å²) in [5.41, 5.74) is -0.616. The van der Waals surface area contributed by atoms with Crippen LogP contribution in [0.25, 0.3) is 0 Å². The SMILES string of the molecule is Cn1cnnc1SCCCCC(C)(C)C(=O)O. The number of hydrogen-bond acceptors (Lipinski definition) is 4. The molecule has 0 aliphatic carbocycles. The molecule has 0 aliphatic rings. The molecule has 0 spiro atoms. The van der Waals surface area contributed by atoms with Crippen LogP contribution >= 0.6 is 11.8 Å². The Labute approximate surface area is 106 Å². The molecule has 0 bridgehead atoms. The number of carboxylic acid groups (broad SMARTS) is 1. The van der Waals surface area contributed by atoms with Gasteiger partial charge >= 0.3 is 5.97 Å². The van der Waals surface area contributed by atoms with Gasteiger partial charge in [0.05, 0.1) is 5.41 Å². The number of nitrogens with zero attached hydrogens (tertiary/aromatic N) is 3. The second kappa shape index (κ2) is 6.05. The lowest BCUT2D eigenvalue weighted by atomic mass is 9.88. The lowest BCUT2D eigenvalue weighted by Crippen LogP contribution is -2.23. The zero-order chi connectivity index (χ0) is 12.9. The first-order valence-corrected chi connectivity index (χ1v) is 6.62. The number of carboxylic acids is 1. The van der Waals surface area contributed by atoms with Gasteiger partial charge in [-0.1, -0.05) is 18.2 Å². The quantitative estimate of drug-likeness (QED) is 0.599. The normalized spacial score (nSPS) is 11.7. The molecule has 6 heteroatoms. The van der Waals surface area contributed by atoms with Gasteiger partial charge in [-0.2, -0.15) is 0 Å². The molecule has 0 fully saturated rings. The highest BCUT2D eigenvalue weighted by atomic mass is 32.2. The van der Waals surface area contributed by atoms with Crippen molar-refractivity contribution in [3.8, 4) is 0 Å². The molecular weight excluding hydrogens is 238 g/mol. The number of aryl methyl sites for hydroxylation is 1.